The summed E-state index contributed by atoms with van der Waals surface area (Å²) in [6.45, 7) is 1.89. The van der Waals surface area contributed by atoms with Crippen molar-refractivity contribution < 1.29 is 14.3 Å². The fourth-order valence-electron chi connectivity index (χ4n) is 3.39. The van der Waals surface area contributed by atoms with Crippen LogP contribution >= 0.6 is 11.6 Å². The van der Waals surface area contributed by atoms with Crippen molar-refractivity contribution >= 4 is 40.4 Å². The number of nitrogens with one attached hydrogen (secondary N) is 1. The smallest absolute Gasteiger partial charge is 0.282 e. The van der Waals surface area contributed by atoms with Gasteiger partial charge in [-0.05, 0) is 54.4 Å². The molecule has 1 N–H and O–H groups in total. The molecule has 0 unspecified atom stereocenters. The van der Waals surface area contributed by atoms with E-state index < -0.39 is 11.8 Å². The number of anilines is 2. The average Bonchev–Trinajstić information content (AvgIpc) is 2.99. The molecule has 0 spiro atoms. The van der Waals surface area contributed by atoms with Crippen LogP contribution in [0.3, 0.4) is 0 Å². The molecule has 1 aliphatic heterocycles. The molecule has 3 aromatic carbocycles. The second-order valence-corrected chi connectivity index (χ2v) is 7.31. The van der Waals surface area contributed by atoms with Gasteiger partial charge in [0.05, 0.1) is 18.4 Å². The minimum Gasteiger partial charge on any atom is -0.495 e. The number of amides is 2. The zero-order valence-electron chi connectivity index (χ0n) is 16.5. The lowest BCUT2D eigenvalue weighted by Crippen LogP contribution is -2.32. The van der Waals surface area contributed by atoms with Crippen LogP contribution in [0.15, 0.2) is 78.5 Å². The van der Waals surface area contributed by atoms with Gasteiger partial charge in [0, 0.05) is 10.7 Å². The molecule has 1 aliphatic rings. The second kappa shape index (κ2) is 8.05. The van der Waals surface area contributed by atoms with Crippen molar-refractivity contribution in [1.29, 1.82) is 0 Å². The Morgan fingerprint density at radius 3 is 2.27 bits per heavy atom. The first-order valence-corrected chi connectivity index (χ1v) is 9.73. The van der Waals surface area contributed by atoms with E-state index in [0.29, 0.717) is 27.7 Å². The Labute approximate surface area is 179 Å². The number of imide groups is 1. The summed E-state index contributed by atoms with van der Waals surface area (Å²) in [5.74, 6) is -0.430. The highest BCUT2D eigenvalue weighted by atomic mass is 35.5. The van der Waals surface area contributed by atoms with Crippen LogP contribution in [0, 0.1) is 6.92 Å². The van der Waals surface area contributed by atoms with Crippen molar-refractivity contribution in [1.82, 2.24) is 0 Å². The number of halogens is 1. The van der Waals surface area contributed by atoms with E-state index in [1.807, 2.05) is 43.3 Å². The van der Waals surface area contributed by atoms with Crippen molar-refractivity contribution in [3.63, 3.8) is 0 Å². The first kappa shape index (κ1) is 19.7. The monoisotopic (exact) mass is 418 g/mol. The van der Waals surface area contributed by atoms with Crippen LogP contribution < -0.4 is 15.0 Å². The molecule has 5 nitrogen and oxygen atoms in total. The number of methoxy groups -OCH3 is 1. The average molecular weight is 419 g/mol. The normalized spacial score (nSPS) is 13.8. The Bertz CT molecular complexity index is 1150. The number of hydrogen-bond acceptors (Lipinski definition) is 4. The minimum absolute atomic E-state index is 0.206. The summed E-state index contributed by atoms with van der Waals surface area (Å²) in [5.41, 5.74) is 3.11. The van der Waals surface area contributed by atoms with Gasteiger partial charge in [-0.2, -0.15) is 0 Å². The maximum atomic E-state index is 13.5. The maximum absolute atomic E-state index is 13.5. The van der Waals surface area contributed by atoms with E-state index in [0.717, 1.165) is 10.5 Å². The Kier molecular flexibility index (Phi) is 5.29. The highest BCUT2D eigenvalue weighted by Crippen LogP contribution is 2.38. The van der Waals surface area contributed by atoms with Gasteiger partial charge in [-0.1, -0.05) is 48.0 Å². The van der Waals surface area contributed by atoms with Crippen molar-refractivity contribution in [2.75, 3.05) is 17.3 Å². The van der Waals surface area contributed by atoms with Crippen LogP contribution in [0.25, 0.3) is 5.57 Å². The lowest BCUT2D eigenvalue weighted by atomic mass is 10.0. The highest BCUT2D eigenvalue weighted by Gasteiger charge is 2.41. The summed E-state index contributed by atoms with van der Waals surface area (Å²) in [5, 5.41) is 3.68. The Morgan fingerprint density at radius 2 is 1.60 bits per heavy atom. The zero-order valence-corrected chi connectivity index (χ0v) is 17.2. The molecule has 6 heteroatoms. The first-order chi connectivity index (χ1) is 14.5. The molecule has 0 fully saturated rings. The molecule has 0 aliphatic carbocycles. The maximum Gasteiger partial charge on any atom is 0.282 e. The molecule has 4 rings (SSSR count). The Hall–Kier alpha value is -3.57. The van der Waals surface area contributed by atoms with Gasteiger partial charge in [0.25, 0.3) is 11.8 Å². The molecule has 2 amide bonds. The molecule has 0 saturated heterocycles. The van der Waals surface area contributed by atoms with E-state index in [4.69, 9.17) is 16.3 Å². The summed E-state index contributed by atoms with van der Waals surface area (Å²) in [6.07, 6.45) is 0. The van der Waals surface area contributed by atoms with E-state index in [-0.39, 0.29) is 11.3 Å². The van der Waals surface area contributed by atoms with Crippen LogP contribution in [0.4, 0.5) is 11.4 Å². The van der Waals surface area contributed by atoms with Gasteiger partial charge in [-0.25, -0.2) is 4.90 Å². The van der Waals surface area contributed by atoms with Gasteiger partial charge >= 0.3 is 0 Å². The van der Waals surface area contributed by atoms with Gasteiger partial charge in [-0.15, -0.1) is 0 Å². The van der Waals surface area contributed by atoms with Crippen LogP contribution in [0.2, 0.25) is 5.02 Å². The molecule has 3 aromatic rings. The van der Waals surface area contributed by atoms with Crippen molar-refractivity contribution in [2.24, 2.45) is 0 Å². The summed E-state index contributed by atoms with van der Waals surface area (Å²) in [7, 11) is 1.51. The van der Waals surface area contributed by atoms with Crippen LogP contribution in [-0.4, -0.2) is 18.9 Å². The Balaban J connectivity index is 1.86. The molecule has 0 saturated carbocycles. The number of ether oxygens (including phenoxy) is 1. The summed E-state index contributed by atoms with van der Waals surface area (Å²) in [6, 6.07) is 21.5. The first-order valence-electron chi connectivity index (χ1n) is 9.35. The van der Waals surface area contributed by atoms with Gasteiger partial charge in [0.2, 0.25) is 0 Å². The van der Waals surface area contributed by atoms with Crippen LogP contribution in [0.5, 0.6) is 5.75 Å². The molecule has 30 heavy (non-hydrogen) atoms. The lowest BCUT2D eigenvalue weighted by Gasteiger charge is -2.19. The van der Waals surface area contributed by atoms with E-state index in [2.05, 4.69) is 5.32 Å². The largest absolute Gasteiger partial charge is 0.495 e. The molecule has 0 bridgehead atoms. The zero-order chi connectivity index (χ0) is 21.3. The van der Waals surface area contributed by atoms with Crippen molar-refractivity contribution in [3.05, 3.63) is 94.6 Å². The molecular weight excluding hydrogens is 400 g/mol. The number of carbonyl (C=O) groups excluding carboxylic acids is 2. The van der Waals surface area contributed by atoms with Gasteiger partial charge in [0.1, 0.15) is 11.4 Å². The predicted molar refractivity (Wildman–Crippen MR) is 119 cm³/mol. The molecule has 150 valence electrons. The fourth-order valence-corrected chi connectivity index (χ4v) is 3.52. The summed E-state index contributed by atoms with van der Waals surface area (Å²) < 4.78 is 5.42. The van der Waals surface area contributed by atoms with Gasteiger partial charge < -0.3 is 10.1 Å². The molecular formula is C24H19ClN2O3. The van der Waals surface area contributed by atoms with Gasteiger partial charge in [-0.3, -0.25) is 9.59 Å². The quantitative estimate of drug-likeness (QED) is 0.589. The number of benzene rings is 3. The standard InChI is InChI=1S/C24H19ClN2O3/c1-15-8-13-20(30-2)19(14-15)27-23(28)21(16-9-11-17(25)12-10-16)22(24(27)29)26-18-6-4-3-5-7-18/h3-14,26H,1-2H3. The van der Waals surface area contributed by atoms with E-state index >= 15 is 0 Å². The number of nitrogens with zero attached hydrogens (tertiary/aromatic N) is 1. The van der Waals surface area contributed by atoms with Crippen LogP contribution in [0.1, 0.15) is 11.1 Å². The van der Waals surface area contributed by atoms with E-state index in [9.17, 15) is 9.59 Å². The van der Waals surface area contributed by atoms with Crippen LogP contribution in [-0.2, 0) is 9.59 Å². The summed E-state index contributed by atoms with van der Waals surface area (Å²) in [4.78, 5) is 28.1. The third-order valence-electron chi connectivity index (χ3n) is 4.84. The predicted octanol–water partition coefficient (Wildman–Crippen LogP) is 5.05. The van der Waals surface area contributed by atoms with Gasteiger partial charge in [0.15, 0.2) is 0 Å². The van der Waals surface area contributed by atoms with Crippen molar-refractivity contribution in [3.8, 4) is 5.75 Å². The third-order valence-corrected chi connectivity index (χ3v) is 5.09. The molecule has 0 radical (unpaired) electrons. The number of aryl methyl sites for hydroxylation is 1. The lowest BCUT2D eigenvalue weighted by molar-refractivity contribution is -0.120. The molecule has 0 aromatic heterocycles. The number of rotatable bonds is 5. The number of carbonyl (C=O) groups is 2. The molecule has 1 heterocycles. The Morgan fingerprint density at radius 1 is 0.900 bits per heavy atom. The SMILES string of the molecule is COc1ccc(C)cc1N1C(=O)C(Nc2ccccc2)=C(c2ccc(Cl)cc2)C1=O. The summed E-state index contributed by atoms with van der Waals surface area (Å²) >= 11 is 6.02. The second-order valence-electron chi connectivity index (χ2n) is 6.87. The minimum atomic E-state index is -0.447. The van der Waals surface area contributed by atoms with E-state index in [1.54, 1.807) is 36.4 Å². The highest BCUT2D eigenvalue weighted by molar-refractivity contribution is 6.46. The number of hydrogen-bond donors (Lipinski definition) is 1. The topological polar surface area (TPSA) is 58.6 Å². The molecule has 0 atom stereocenters. The van der Waals surface area contributed by atoms with Crippen molar-refractivity contribution in [2.45, 2.75) is 6.92 Å². The van der Waals surface area contributed by atoms with E-state index in [1.165, 1.54) is 7.11 Å². The number of para-hydroxylation sites is 1. The third kappa shape index (κ3) is 3.55. The fraction of sp³-hybridized carbons (Fsp3) is 0.0833.